The summed E-state index contributed by atoms with van der Waals surface area (Å²) in [5, 5.41) is 12.4. The highest BCUT2D eigenvalue weighted by Gasteiger charge is 2.23. The molecule has 0 aromatic heterocycles. The van der Waals surface area contributed by atoms with Gasteiger partial charge in [-0.15, -0.1) is 0 Å². The molecule has 0 saturated carbocycles. The highest BCUT2D eigenvalue weighted by molar-refractivity contribution is 9.10. The Morgan fingerprint density at radius 1 is 1.37 bits per heavy atom. The van der Waals surface area contributed by atoms with Gasteiger partial charge in [-0.3, -0.25) is 4.90 Å². The van der Waals surface area contributed by atoms with Crippen molar-refractivity contribution in [2.24, 2.45) is 0 Å². The van der Waals surface area contributed by atoms with Crippen LogP contribution in [0.4, 0.5) is 4.39 Å². The predicted octanol–water partition coefficient (Wildman–Crippen LogP) is 2.31. The van der Waals surface area contributed by atoms with E-state index in [2.05, 4.69) is 26.1 Å². The number of benzene rings is 1. The zero-order valence-electron chi connectivity index (χ0n) is 10.9. The van der Waals surface area contributed by atoms with Crippen molar-refractivity contribution in [1.29, 1.82) is 0 Å². The third-order valence-electron chi connectivity index (χ3n) is 3.55. The number of nitrogens with zero attached hydrogens (tertiary/aromatic N) is 1. The molecule has 0 bridgehead atoms. The normalized spacial score (nSPS) is 18.5. The molecule has 0 unspecified atom stereocenters. The summed E-state index contributed by atoms with van der Waals surface area (Å²) < 4.78 is 14.4. The maximum absolute atomic E-state index is 13.5. The molecule has 1 aromatic carbocycles. The standard InChI is InChI=1S/C14H20BrFN2O/c15-13-4-3-11(16)10-12(13)14(2-1-9-19)18-7-5-17-6-8-18/h3-4,10,14,17,19H,1-2,5-9H2/t14-/m0/s1. The minimum absolute atomic E-state index is 0.166. The molecule has 2 rings (SSSR count). The van der Waals surface area contributed by atoms with E-state index in [1.807, 2.05) is 0 Å². The van der Waals surface area contributed by atoms with E-state index < -0.39 is 0 Å². The SMILES string of the molecule is OCCC[C@@H](c1cc(F)ccc1Br)N1CCNCC1. The quantitative estimate of drug-likeness (QED) is 0.869. The summed E-state index contributed by atoms with van der Waals surface area (Å²) in [4.78, 5) is 2.37. The maximum atomic E-state index is 13.5. The van der Waals surface area contributed by atoms with Gasteiger partial charge in [0.25, 0.3) is 0 Å². The van der Waals surface area contributed by atoms with Crippen molar-refractivity contribution in [3.63, 3.8) is 0 Å². The summed E-state index contributed by atoms with van der Waals surface area (Å²) in [6, 6.07) is 5.00. The molecule has 3 nitrogen and oxygen atoms in total. The van der Waals surface area contributed by atoms with Crippen LogP contribution in [0.25, 0.3) is 0 Å². The monoisotopic (exact) mass is 330 g/mol. The summed E-state index contributed by atoms with van der Waals surface area (Å²) in [5.41, 5.74) is 0.982. The Morgan fingerprint density at radius 2 is 2.11 bits per heavy atom. The lowest BCUT2D eigenvalue weighted by Gasteiger charge is -2.35. The Balaban J connectivity index is 2.22. The zero-order chi connectivity index (χ0) is 13.7. The molecule has 0 spiro atoms. The fraction of sp³-hybridized carbons (Fsp3) is 0.571. The van der Waals surface area contributed by atoms with Crippen LogP contribution in [-0.4, -0.2) is 42.8 Å². The van der Waals surface area contributed by atoms with Crippen molar-refractivity contribution < 1.29 is 9.50 Å². The fourth-order valence-electron chi connectivity index (χ4n) is 2.58. The van der Waals surface area contributed by atoms with E-state index in [-0.39, 0.29) is 18.5 Å². The van der Waals surface area contributed by atoms with Crippen LogP contribution in [0.3, 0.4) is 0 Å². The number of rotatable bonds is 5. The number of aliphatic hydroxyl groups is 1. The van der Waals surface area contributed by atoms with Gasteiger partial charge in [-0.05, 0) is 36.6 Å². The van der Waals surface area contributed by atoms with Gasteiger partial charge in [0.1, 0.15) is 5.82 Å². The molecule has 0 amide bonds. The molecule has 106 valence electrons. The molecular weight excluding hydrogens is 311 g/mol. The summed E-state index contributed by atoms with van der Waals surface area (Å²) in [6.07, 6.45) is 1.58. The minimum Gasteiger partial charge on any atom is -0.396 e. The van der Waals surface area contributed by atoms with E-state index in [0.717, 1.165) is 49.1 Å². The van der Waals surface area contributed by atoms with Crippen molar-refractivity contribution in [3.8, 4) is 0 Å². The number of aliphatic hydroxyl groups excluding tert-OH is 1. The molecule has 5 heteroatoms. The van der Waals surface area contributed by atoms with Crippen LogP contribution in [0.15, 0.2) is 22.7 Å². The first-order valence-corrected chi connectivity index (χ1v) is 7.52. The van der Waals surface area contributed by atoms with E-state index in [0.29, 0.717) is 0 Å². The average molecular weight is 331 g/mol. The van der Waals surface area contributed by atoms with Gasteiger partial charge in [0, 0.05) is 43.3 Å². The number of hydrogen-bond donors (Lipinski definition) is 2. The molecule has 1 fully saturated rings. The van der Waals surface area contributed by atoms with Crippen LogP contribution < -0.4 is 5.32 Å². The van der Waals surface area contributed by atoms with Crippen LogP contribution in [0.5, 0.6) is 0 Å². The molecule has 1 heterocycles. The highest BCUT2D eigenvalue weighted by Crippen LogP contribution is 2.32. The van der Waals surface area contributed by atoms with Crippen molar-refractivity contribution in [3.05, 3.63) is 34.1 Å². The largest absolute Gasteiger partial charge is 0.396 e. The van der Waals surface area contributed by atoms with Crippen LogP contribution in [0.2, 0.25) is 0 Å². The Morgan fingerprint density at radius 3 is 2.79 bits per heavy atom. The smallest absolute Gasteiger partial charge is 0.123 e. The lowest BCUT2D eigenvalue weighted by Crippen LogP contribution is -2.45. The Hall–Kier alpha value is -0.490. The molecule has 1 aliphatic heterocycles. The van der Waals surface area contributed by atoms with Gasteiger partial charge in [-0.2, -0.15) is 0 Å². The van der Waals surface area contributed by atoms with Crippen molar-refractivity contribution in [2.75, 3.05) is 32.8 Å². The predicted molar refractivity (Wildman–Crippen MR) is 77.6 cm³/mol. The maximum Gasteiger partial charge on any atom is 0.123 e. The second kappa shape index (κ2) is 7.33. The zero-order valence-corrected chi connectivity index (χ0v) is 12.5. The van der Waals surface area contributed by atoms with Gasteiger partial charge in [-0.1, -0.05) is 15.9 Å². The van der Waals surface area contributed by atoms with Gasteiger partial charge >= 0.3 is 0 Å². The second-order valence-electron chi connectivity index (χ2n) is 4.83. The van der Waals surface area contributed by atoms with E-state index in [1.165, 1.54) is 6.07 Å². The molecule has 1 aliphatic rings. The van der Waals surface area contributed by atoms with E-state index in [1.54, 1.807) is 12.1 Å². The van der Waals surface area contributed by atoms with Gasteiger partial charge in [0.15, 0.2) is 0 Å². The number of nitrogens with one attached hydrogen (secondary N) is 1. The summed E-state index contributed by atoms with van der Waals surface area (Å²) in [6.45, 7) is 4.01. The van der Waals surface area contributed by atoms with Crippen LogP contribution in [-0.2, 0) is 0 Å². The van der Waals surface area contributed by atoms with Crippen LogP contribution in [0.1, 0.15) is 24.4 Å². The number of piperazine rings is 1. The summed E-state index contributed by atoms with van der Waals surface area (Å²) in [7, 11) is 0. The molecule has 1 atom stereocenters. The third kappa shape index (κ3) is 3.99. The first-order chi connectivity index (χ1) is 9.22. The molecule has 0 radical (unpaired) electrons. The second-order valence-corrected chi connectivity index (χ2v) is 5.69. The van der Waals surface area contributed by atoms with Crippen molar-refractivity contribution in [1.82, 2.24) is 10.2 Å². The molecule has 1 saturated heterocycles. The van der Waals surface area contributed by atoms with Crippen molar-refractivity contribution >= 4 is 15.9 Å². The van der Waals surface area contributed by atoms with Gasteiger partial charge in [-0.25, -0.2) is 4.39 Å². The minimum atomic E-state index is -0.206. The van der Waals surface area contributed by atoms with E-state index >= 15 is 0 Å². The fourth-order valence-corrected chi connectivity index (χ4v) is 3.09. The first-order valence-electron chi connectivity index (χ1n) is 6.73. The highest BCUT2D eigenvalue weighted by atomic mass is 79.9. The lowest BCUT2D eigenvalue weighted by atomic mass is 9.99. The molecule has 19 heavy (non-hydrogen) atoms. The van der Waals surface area contributed by atoms with Crippen LogP contribution >= 0.6 is 15.9 Å². The molecular formula is C14H20BrFN2O. The lowest BCUT2D eigenvalue weighted by molar-refractivity contribution is 0.154. The van der Waals surface area contributed by atoms with Crippen LogP contribution in [0, 0.1) is 5.82 Å². The number of halogens is 2. The number of hydrogen-bond acceptors (Lipinski definition) is 3. The van der Waals surface area contributed by atoms with E-state index in [9.17, 15) is 4.39 Å². The topological polar surface area (TPSA) is 35.5 Å². The summed E-state index contributed by atoms with van der Waals surface area (Å²) >= 11 is 3.52. The molecule has 1 aromatic rings. The third-order valence-corrected chi connectivity index (χ3v) is 4.27. The first kappa shape index (κ1) is 14.9. The molecule has 2 N–H and O–H groups in total. The van der Waals surface area contributed by atoms with Gasteiger partial charge in [0.2, 0.25) is 0 Å². The average Bonchev–Trinajstić information content (AvgIpc) is 2.44. The van der Waals surface area contributed by atoms with Crippen molar-refractivity contribution in [2.45, 2.75) is 18.9 Å². The van der Waals surface area contributed by atoms with E-state index in [4.69, 9.17) is 5.11 Å². The van der Waals surface area contributed by atoms with Gasteiger partial charge < -0.3 is 10.4 Å². The van der Waals surface area contributed by atoms with Gasteiger partial charge in [0.05, 0.1) is 0 Å². The summed E-state index contributed by atoms with van der Waals surface area (Å²) in [5.74, 6) is -0.206. The Kier molecular flexibility index (Phi) is 5.76. The molecule has 0 aliphatic carbocycles. The Bertz CT molecular complexity index is 410. The Labute approximate surface area is 121 Å².